The summed E-state index contributed by atoms with van der Waals surface area (Å²) in [7, 11) is 0. The Morgan fingerprint density at radius 1 is 0.267 bits per heavy atom. The average molecular weight is 1230 g/mol. The quantitative estimate of drug-likeness (QED) is 0.0409. The molecular formula is C84H138N6. The number of hydrogen-bond acceptors (Lipinski definition) is 6. The Kier molecular flexibility index (Phi) is 47.4. The molecule has 0 bridgehead atoms. The minimum absolute atomic E-state index is 0.764. The van der Waals surface area contributed by atoms with Crippen LogP contribution < -0.4 is 0 Å². The molecule has 0 aliphatic heterocycles. The number of hydrogen-bond donors (Lipinski definition) is 0. The summed E-state index contributed by atoms with van der Waals surface area (Å²) in [5.41, 5.74) is 16.3. The Labute approximate surface area is 557 Å². The van der Waals surface area contributed by atoms with Crippen LogP contribution in [-0.2, 0) is 77.0 Å². The summed E-state index contributed by atoms with van der Waals surface area (Å²) < 4.78 is 0. The molecule has 6 aromatic heterocycles. The van der Waals surface area contributed by atoms with E-state index in [4.69, 9.17) is 4.98 Å². The lowest BCUT2D eigenvalue weighted by atomic mass is 9.98. The first-order valence-corrected chi connectivity index (χ1v) is 36.5. The molecule has 0 spiro atoms. The van der Waals surface area contributed by atoms with Crippen molar-refractivity contribution in [3.8, 4) is 0 Å². The molecule has 0 amide bonds. The van der Waals surface area contributed by atoms with Gasteiger partial charge in [-0.1, -0.05) is 189 Å². The minimum Gasteiger partial charge on any atom is -0.264 e. The smallest absolute Gasteiger partial charge is 0.0435 e. The first-order valence-electron chi connectivity index (χ1n) is 36.5. The maximum absolute atomic E-state index is 4.72. The van der Waals surface area contributed by atoms with E-state index in [-0.39, 0.29) is 0 Å². The summed E-state index contributed by atoms with van der Waals surface area (Å²) in [6.45, 7) is 47.5. The SMILES string of the molecule is CC(C)CCc1ccc(CCC(C)C)nc1.CC(C)CCc1cccc(CCC(C)C)n1.CC(C)CCc1cccnc1CCC(C)C.CC(C)CCc1cncc(CCC(C)C)c1.CCCc1ccnc(CCC)c1.CCCc1ccncc1CCC(C)C. The van der Waals surface area contributed by atoms with Gasteiger partial charge in [-0.15, -0.1) is 0 Å². The van der Waals surface area contributed by atoms with Crippen LogP contribution in [0.15, 0.2) is 110 Å². The Morgan fingerprint density at radius 2 is 0.733 bits per heavy atom. The van der Waals surface area contributed by atoms with Crippen LogP contribution in [0.3, 0.4) is 0 Å². The van der Waals surface area contributed by atoms with Gasteiger partial charge in [0, 0.05) is 71.8 Å². The zero-order valence-corrected chi connectivity index (χ0v) is 62.2. The van der Waals surface area contributed by atoms with Crippen molar-refractivity contribution in [2.45, 2.75) is 299 Å². The van der Waals surface area contributed by atoms with Crippen LogP contribution >= 0.6 is 0 Å². The van der Waals surface area contributed by atoms with Crippen LogP contribution in [0, 0.1) is 53.3 Å². The highest BCUT2D eigenvalue weighted by Gasteiger charge is 2.08. The Morgan fingerprint density at radius 3 is 1.22 bits per heavy atom. The van der Waals surface area contributed by atoms with Crippen molar-refractivity contribution in [1.29, 1.82) is 0 Å². The third-order valence-electron chi connectivity index (χ3n) is 15.9. The fraction of sp³-hybridized carbons (Fsp3) is 0.643. The van der Waals surface area contributed by atoms with Gasteiger partial charge in [-0.25, -0.2) is 0 Å². The first kappa shape index (κ1) is 82.9. The maximum Gasteiger partial charge on any atom is 0.0435 e. The second-order valence-corrected chi connectivity index (χ2v) is 29.5. The van der Waals surface area contributed by atoms with Gasteiger partial charge in [-0.05, 0) is 270 Å². The van der Waals surface area contributed by atoms with Gasteiger partial charge >= 0.3 is 0 Å². The van der Waals surface area contributed by atoms with Gasteiger partial charge in [0.25, 0.3) is 0 Å². The second kappa shape index (κ2) is 51.4. The van der Waals surface area contributed by atoms with Gasteiger partial charge < -0.3 is 0 Å². The monoisotopic (exact) mass is 1230 g/mol. The van der Waals surface area contributed by atoms with E-state index in [1.54, 1.807) is 0 Å². The lowest BCUT2D eigenvalue weighted by molar-refractivity contribution is 0.566. The van der Waals surface area contributed by atoms with Crippen LogP contribution in [-0.4, -0.2) is 29.9 Å². The van der Waals surface area contributed by atoms with Gasteiger partial charge in [0.15, 0.2) is 0 Å². The molecular weight excluding hydrogens is 1090 g/mol. The normalized spacial score (nSPS) is 11.1. The van der Waals surface area contributed by atoms with Crippen molar-refractivity contribution in [3.05, 3.63) is 178 Å². The Balaban J connectivity index is 0.000000541. The van der Waals surface area contributed by atoms with E-state index in [2.05, 4.69) is 243 Å². The Hall–Kier alpha value is -5.10. The molecule has 0 radical (unpaired) electrons. The fourth-order valence-electron chi connectivity index (χ4n) is 9.85. The van der Waals surface area contributed by atoms with E-state index in [0.29, 0.717) is 0 Å². The van der Waals surface area contributed by atoms with Crippen LogP contribution in [0.5, 0.6) is 0 Å². The van der Waals surface area contributed by atoms with Crippen LogP contribution in [0.1, 0.15) is 290 Å². The molecule has 6 aromatic rings. The van der Waals surface area contributed by atoms with Crippen molar-refractivity contribution >= 4 is 0 Å². The molecule has 0 saturated carbocycles. The van der Waals surface area contributed by atoms with Gasteiger partial charge in [0.1, 0.15) is 0 Å². The topological polar surface area (TPSA) is 77.3 Å². The third kappa shape index (κ3) is 45.2. The van der Waals surface area contributed by atoms with Crippen LogP contribution in [0.4, 0.5) is 0 Å². The van der Waals surface area contributed by atoms with E-state index in [1.807, 2.05) is 37.2 Å². The summed E-state index contributed by atoms with van der Waals surface area (Å²) >= 11 is 0. The largest absolute Gasteiger partial charge is 0.264 e. The Bertz CT molecular complexity index is 2420. The summed E-state index contributed by atoms with van der Waals surface area (Å²) in [5.74, 6) is 6.95. The van der Waals surface area contributed by atoms with Gasteiger partial charge in [-0.2, -0.15) is 0 Å². The van der Waals surface area contributed by atoms with Gasteiger partial charge in [0.2, 0.25) is 0 Å². The second-order valence-electron chi connectivity index (χ2n) is 29.5. The average Bonchev–Trinajstić information content (AvgIpc) is 3.47. The number of rotatable bonds is 33. The standard InChI is InChI=1S/4C15H25N.C13H21N.C11H17N/c1-12(2)5-7-14-8-10-15(16-11-14)9-6-13(3)4;1-12(2)5-7-14-9-15(11-16-10-14)8-6-13(3)4;1-12(2)7-9-14-6-5-11-16-15(14)10-8-13(3)4;1-12(2)8-10-14-6-5-7-15(16-14)11-9-13(3)4;1-4-5-12-8-9-14-10-13(12)7-6-11(2)3;1-3-5-10-7-8-12-11(9-10)6-4-2/h8,10-13H,5-7,9H2,1-4H3;9-13H,5-8H2,1-4H3;5-6,11-13H,7-10H2,1-4H3;5-7,12-13H,8-11H2,1-4H3;8-11H,4-7H2,1-3H3;7-9H,3-6H2,1-2H3. The lowest BCUT2D eigenvalue weighted by Gasteiger charge is -2.10. The molecule has 6 nitrogen and oxygen atoms in total. The van der Waals surface area contributed by atoms with E-state index < -0.39 is 0 Å². The molecule has 6 heteroatoms. The predicted molar refractivity (Wildman–Crippen MR) is 396 cm³/mol. The number of nitrogens with zero attached hydrogens (tertiary/aromatic N) is 6. The number of pyridine rings is 6. The minimum atomic E-state index is 0.764. The zero-order valence-electron chi connectivity index (χ0n) is 62.2. The van der Waals surface area contributed by atoms with Crippen molar-refractivity contribution in [2.24, 2.45) is 53.3 Å². The van der Waals surface area contributed by atoms with Crippen molar-refractivity contribution in [1.82, 2.24) is 29.9 Å². The first-order chi connectivity index (χ1) is 42.9. The summed E-state index contributed by atoms with van der Waals surface area (Å²) in [6.07, 6.45) is 42.6. The van der Waals surface area contributed by atoms with Crippen molar-refractivity contribution in [2.75, 3.05) is 0 Å². The summed E-state index contributed by atoms with van der Waals surface area (Å²) in [6, 6.07) is 24.0. The lowest BCUT2D eigenvalue weighted by Crippen LogP contribution is -2.02. The molecule has 0 fully saturated rings. The number of aromatic nitrogens is 6. The third-order valence-corrected chi connectivity index (χ3v) is 15.9. The van der Waals surface area contributed by atoms with Gasteiger partial charge in [0.05, 0.1) is 0 Å². The molecule has 0 saturated heterocycles. The summed E-state index contributed by atoms with van der Waals surface area (Å²) in [5, 5.41) is 0. The fourth-order valence-corrected chi connectivity index (χ4v) is 9.85. The van der Waals surface area contributed by atoms with Crippen molar-refractivity contribution in [3.63, 3.8) is 0 Å². The zero-order chi connectivity index (χ0) is 67.1. The molecule has 0 unspecified atom stereocenters. The highest BCUT2D eigenvalue weighted by Crippen LogP contribution is 2.19. The van der Waals surface area contributed by atoms with Crippen LogP contribution in [0.2, 0.25) is 0 Å². The molecule has 0 aliphatic rings. The van der Waals surface area contributed by atoms with Gasteiger partial charge in [-0.3, -0.25) is 29.9 Å². The van der Waals surface area contributed by atoms with E-state index in [0.717, 1.165) is 91.8 Å². The number of aryl methyl sites for hydroxylation is 12. The van der Waals surface area contributed by atoms with Crippen molar-refractivity contribution < 1.29 is 0 Å². The molecule has 0 aliphatic carbocycles. The highest BCUT2D eigenvalue weighted by molar-refractivity contribution is 5.24. The molecule has 6 rings (SSSR count). The molecule has 0 atom stereocenters. The molecule has 0 N–H and O–H groups in total. The molecule has 0 aromatic carbocycles. The van der Waals surface area contributed by atoms with E-state index in [9.17, 15) is 0 Å². The highest BCUT2D eigenvalue weighted by atomic mass is 14.7. The molecule has 90 heavy (non-hydrogen) atoms. The van der Waals surface area contributed by atoms with E-state index >= 15 is 0 Å². The maximum atomic E-state index is 4.72. The van der Waals surface area contributed by atoms with Crippen LogP contribution in [0.25, 0.3) is 0 Å². The molecule has 6 heterocycles. The molecule has 504 valence electrons. The predicted octanol–water partition coefficient (Wildman–Crippen LogP) is 23.6. The summed E-state index contributed by atoms with van der Waals surface area (Å²) in [4.78, 5) is 26.6. The van der Waals surface area contributed by atoms with E-state index in [1.165, 1.54) is 183 Å².